The number of ether oxygens (including phenoxy) is 17. The van der Waals surface area contributed by atoms with E-state index in [2.05, 4.69) is 0 Å². The quantitative estimate of drug-likeness (QED) is 0.0354. The highest BCUT2D eigenvalue weighted by Gasteiger charge is 2.60. The van der Waals surface area contributed by atoms with Gasteiger partial charge in [0.1, 0.15) is 110 Å². The first-order valence-electron chi connectivity index (χ1n) is 26.5. The van der Waals surface area contributed by atoms with Gasteiger partial charge in [-0.25, -0.2) is 0 Å². The molecule has 85 heavy (non-hydrogen) atoms. The van der Waals surface area contributed by atoms with Crippen LogP contribution in [0.3, 0.4) is 0 Å². The minimum absolute atomic E-state index is 0.874. The molecule has 0 aromatic heterocycles. The highest BCUT2D eigenvalue weighted by molar-refractivity contribution is 5.68. The maximum atomic E-state index is 12.7. The Hall–Kier alpha value is -4.18. The largest absolute Gasteiger partial charge is 0.457 e. The molecule has 37 heteroatoms. The van der Waals surface area contributed by atoms with Gasteiger partial charge in [0.25, 0.3) is 0 Å². The fourth-order valence-corrected chi connectivity index (χ4v) is 10.4. The van der Waals surface area contributed by atoms with Crippen LogP contribution in [-0.2, 0) is 109 Å². The Morgan fingerprint density at radius 1 is 0.259 bits per heavy atom. The van der Waals surface area contributed by atoms with Gasteiger partial charge in [0.15, 0.2) is 74.4 Å². The molecule has 37 nitrogen and oxygen atoms in total. The first kappa shape index (κ1) is 69.9. The normalized spacial score (nSPS) is 44.0. The molecule has 0 saturated carbocycles. The van der Waals surface area contributed by atoms with Gasteiger partial charge in [0.05, 0.1) is 39.6 Å². The van der Waals surface area contributed by atoms with Crippen molar-refractivity contribution in [1.29, 1.82) is 0 Å². The molecule has 6 aliphatic heterocycles. The van der Waals surface area contributed by atoms with E-state index in [0.717, 1.165) is 41.5 Å². The van der Waals surface area contributed by atoms with Crippen LogP contribution in [0.25, 0.3) is 0 Å². The molecule has 6 aliphatic rings. The van der Waals surface area contributed by atoms with Gasteiger partial charge in [-0.3, -0.25) is 28.8 Å². The Balaban J connectivity index is 1.23. The predicted molar refractivity (Wildman–Crippen MR) is 256 cm³/mol. The summed E-state index contributed by atoms with van der Waals surface area (Å²) in [6.45, 7) is -0.794. The van der Waals surface area contributed by atoms with Gasteiger partial charge in [0.2, 0.25) is 0 Å². The van der Waals surface area contributed by atoms with Crippen LogP contribution in [0, 0.1) is 0 Å². The van der Waals surface area contributed by atoms with Gasteiger partial charge in [-0.2, -0.15) is 0 Å². The standard InChI is InChI=1S/C48H74O37/c1-13(55)69-37-25(61)19(7-49)76-44(27(37)63)82-33-21(9-51)78-46(29(65)39(33)71-15(3)57)84-35-23(11-53)80-48(31(67)41(35)73-17(5)59)85-36-24(12-54)79-47(30(66)42(36)74-18(6)60)83-34-22(10-52)77-45(28(64)40(34)72-16(4)58)81-32-20(8-50)75-43(68)26(62)38(32)70-14(2)56/h19-54,61-68H,7-12H2,1-6H3/t19?,20?,21?,22?,23?,24?,25?,26-,27+,28+,29-,30-,31+,32+,33+,34?,35?,36+,37+,38+,39+,40-,41-,42+,43-,44?,45?,46+,47+,48?/m1/s1. The van der Waals surface area contributed by atoms with E-state index >= 15 is 0 Å². The minimum atomic E-state index is -2.28. The van der Waals surface area contributed by atoms with Crippen LogP contribution in [-0.4, -0.2) is 331 Å². The zero-order chi connectivity index (χ0) is 63.0. The smallest absolute Gasteiger partial charge is 0.303 e. The number of rotatable bonds is 22. The summed E-state index contributed by atoms with van der Waals surface area (Å²) in [6.07, 6.45) is -58.5. The molecule has 6 rings (SSSR count). The highest BCUT2D eigenvalue weighted by Crippen LogP contribution is 2.39. The molecule has 0 aromatic carbocycles. The second-order valence-electron chi connectivity index (χ2n) is 20.3. The molecule has 12 unspecified atom stereocenters. The summed E-state index contributed by atoms with van der Waals surface area (Å²) in [4.78, 5) is 74.3. The maximum absolute atomic E-state index is 12.7. The van der Waals surface area contributed by atoms with Crippen molar-refractivity contribution >= 4 is 35.8 Å². The van der Waals surface area contributed by atoms with Crippen LogP contribution in [0.4, 0.5) is 0 Å². The average molecular weight is 1240 g/mol. The van der Waals surface area contributed by atoms with Crippen LogP contribution < -0.4 is 0 Å². The number of aliphatic hydroxyl groups excluding tert-OH is 14. The second kappa shape index (κ2) is 30.8. The SMILES string of the molecule is CC(=O)O[C@H]1[C@@H](O)[C@H](O)OC(CO)[C@@H]1OC1OC(CO)C(O[C@@H]2OC(CO)[C@H](OC3OC(CO)C(O[C@@H]4OC(CO)[C@H](OC5OC(CO)C(O)[C@H](OC(C)=O)[C@@H]5O)[C@@H](OC(C)=O)[C@H]4O)[C@H](OC(C)=O)[C@@H]3O)[C@@H](OC(C)=O)[C@H]2O)[C@H](OC(C)=O)[C@@H]1O. The van der Waals surface area contributed by atoms with Crippen molar-refractivity contribution in [3.8, 4) is 0 Å². The molecular formula is C48H74O37. The Morgan fingerprint density at radius 3 is 0.671 bits per heavy atom. The van der Waals surface area contributed by atoms with Gasteiger partial charge in [0, 0.05) is 41.5 Å². The third kappa shape index (κ3) is 16.4. The van der Waals surface area contributed by atoms with E-state index in [1.54, 1.807) is 0 Å². The summed E-state index contributed by atoms with van der Waals surface area (Å²) in [5.41, 5.74) is 0. The zero-order valence-corrected chi connectivity index (χ0v) is 46.2. The monoisotopic (exact) mass is 1240 g/mol. The average Bonchev–Trinajstić information content (AvgIpc) is 2.34. The van der Waals surface area contributed by atoms with Crippen molar-refractivity contribution in [2.45, 2.75) is 226 Å². The second-order valence-corrected chi connectivity index (χ2v) is 20.3. The summed E-state index contributed by atoms with van der Waals surface area (Å²) in [6, 6.07) is 0. The minimum Gasteiger partial charge on any atom is -0.457 e. The topological polar surface area (TPSA) is 543 Å². The molecule has 0 bridgehead atoms. The first-order valence-corrected chi connectivity index (χ1v) is 26.5. The van der Waals surface area contributed by atoms with E-state index in [1.807, 2.05) is 0 Å². The van der Waals surface area contributed by atoms with E-state index in [9.17, 15) is 100 Å². The van der Waals surface area contributed by atoms with Crippen molar-refractivity contribution in [2.75, 3.05) is 39.6 Å². The molecule has 488 valence electrons. The van der Waals surface area contributed by atoms with E-state index in [0.29, 0.717) is 0 Å². The van der Waals surface area contributed by atoms with Gasteiger partial charge < -0.3 is 152 Å². The van der Waals surface area contributed by atoms with Crippen LogP contribution in [0.1, 0.15) is 41.5 Å². The lowest BCUT2D eigenvalue weighted by atomic mass is 9.94. The van der Waals surface area contributed by atoms with Gasteiger partial charge in [-0.05, 0) is 0 Å². The van der Waals surface area contributed by atoms with Crippen LogP contribution >= 0.6 is 0 Å². The van der Waals surface area contributed by atoms with Crippen molar-refractivity contribution in [1.82, 2.24) is 0 Å². The third-order valence-corrected chi connectivity index (χ3v) is 14.1. The van der Waals surface area contributed by atoms with Crippen LogP contribution in [0.2, 0.25) is 0 Å². The van der Waals surface area contributed by atoms with Crippen LogP contribution in [0.5, 0.6) is 0 Å². The number of aliphatic hydroxyl groups is 14. The lowest BCUT2D eigenvalue weighted by Crippen LogP contribution is -2.69. The summed E-state index contributed by atoms with van der Waals surface area (Å²) < 4.78 is 95.4. The van der Waals surface area contributed by atoms with E-state index < -0.39 is 260 Å². The van der Waals surface area contributed by atoms with E-state index in [4.69, 9.17) is 80.5 Å². The molecule has 6 fully saturated rings. The Labute approximate surface area is 481 Å². The summed E-state index contributed by atoms with van der Waals surface area (Å²) >= 11 is 0. The number of hydrogen-bond donors (Lipinski definition) is 14. The summed E-state index contributed by atoms with van der Waals surface area (Å²) in [5.74, 6) is -6.40. The van der Waals surface area contributed by atoms with E-state index in [-0.39, 0.29) is 0 Å². The first-order chi connectivity index (χ1) is 40.1. The molecule has 0 amide bonds. The summed E-state index contributed by atoms with van der Waals surface area (Å²) in [5, 5.41) is 152. The number of carbonyl (C=O) groups is 6. The molecule has 14 N–H and O–H groups in total. The molecule has 6 saturated heterocycles. The Kier molecular flexibility index (Phi) is 25.4. The highest BCUT2D eigenvalue weighted by atomic mass is 16.8. The maximum Gasteiger partial charge on any atom is 0.303 e. The Bertz CT molecular complexity index is 2210. The molecule has 0 spiro atoms. The van der Waals surface area contributed by atoms with Crippen molar-refractivity contribution in [3.05, 3.63) is 0 Å². The van der Waals surface area contributed by atoms with Crippen molar-refractivity contribution in [2.24, 2.45) is 0 Å². The fraction of sp³-hybridized carbons (Fsp3) is 0.875. The van der Waals surface area contributed by atoms with Crippen molar-refractivity contribution in [3.63, 3.8) is 0 Å². The van der Waals surface area contributed by atoms with Crippen molar-refractivity contribution < 1.29 is 181 Å². The van der Waals surface area contributed by atoms with Gasteiger partial charge in [-0.1, -0.05) is 0 Å². The number of esters is 6. The molecule has 30 atom stereocenters. The van der Waals surface area contributed by atoms with Gasteiger partial charge in [-0.15, -0.1) is 0 Å². The number of carbonyl (C=O) groups excluding carboxylic acids is 6. The van der Waals surface area contributed by atoms with E-state index in [1.165, 1.54) is 0 Å². The lowest BCUT2D eigenvalue weighted by Gasteiger charge is -2.50. The van der Waals surface area contributed by atoms with Gasteiger partial charge >= 0.3 is 35.8 Å². The van der Waals surface area contributed by atoms with Crippen LogP contribution in [0.15, 0.2) is 0 Å². The summed E-state index contributed by atoms with van der Waals surface area (Å²) in [7, 11) is 0. The fourth-order valence-electron chi connectivity index (χ4n) is 10.4. The molecule has 6 heterocycles. The molecule has 0 aliphatic carbocycles. The zero-order valence-electron chi connectivity index (χ0n) is 46.2. The Morgan fingerprint density at radius 2 is 0.447 bits per heavy atom. The third-order valence-electron chi connectivity index (χ3n) is 14.1. The number of hydrogen-bond acceptors (Lipinski definition) is 37. The lowest BCUT2D eigenvalue weighted by molar-refractivity contribution is -0.396. The molecule has 0 aromatic rings. The molecule has 0 radical (unpaired) electrons. The predicted octanol–water partition coefficient (Wildman–Crippen LogP) is -10.7. The molecular weight excluding hydrogens is 1170 g/mol.